The molecule has 0 bridgehead atoms. The van der Waals surface area contributed by atoms with Gasteiger partial charge in [0.05, 0.1) is 5.52 Å². The Labute approximate surface area is 131 Å². The Kier molecular flexibility index (Phi) is 4.20. The number of unbranched alkanes of at least 4 members (excludes halogenated alkanes) is 1. The first-order valence-corrected chi connectivity index (χ1v) is 8.02. The number of anilines is 1. The lowest BCUT2D eigenvalue weighted by atomic mass is 10.2. The van der Waals surface area contributed by atoms with Crippen LogP contribution in [-0.2, 0) is 0 Å². The van der Waals surface area contributed by atoms with E-state index >= 15 is 0 Å². The smallest absolute Gasteiger partial charge is 0.270 e. The summed E-state index contributed by atoms with van der Waals surface area (Å²) in [6.07, 6.45) is 2.10. The van der Waals surface area contributed by atoms with Crippen LogP contribution in [-0.4, -0.2) is 16.5 Å². The molecule has 3 aromatic rings. The molecule has 0 aliphatic carbocycles. The second kappa shape index (κ2) is 6.27. The molecular weight excluding hydrogens is 301 g/mol. The summed E-state index contributed by atoms with van der Waals surface area (Å²) < 4.78 is 13.6. The molecule has 0 aliphatic heterocycles. The molecule has 114 valence electrons. The molecule has 0 unspecified atom stereocenters. The minimum Gasteiger partial charge on any atom is -0.356 e. The number of nitrogens with one attached hydrogen (secondary N) is 2. The highest BCUT2D eigenvalue weighted by Gasteiger charge is 2.10. The van der Waals surface area contributed by atoms with Crippen LogP contribution in [0.15, 0.2) is 35.1 Å². The van der Waals surface area contributed by atoms with E-state index in [4.69, 9.17) is 0 Å². The molecule has 0 fully saturated rings. The van der Waals surface area contributed by atoms with Crippen molar-refractivity contribution in [1.82, 2.24) is 9.97 Å². The third kappa shape index (κ3) is 3.01. The summed E-state index contributed by atoms with van der Waals surface area (Å²) in [5.74, 6) is 0.220. The summed E-state index contributed by atoms with van der Waals surface area (Å²) in [5, 5.41) is 3.12. The first-order chi connectivity index (χ1) is 10.7. The Morgan fingerprint density at radius 2 is 2.09 bits per heavy atom. The Balaban J connectivity index is 1.97. The predicted molar refractivity (Wildman–Crippen MR) is 89.0 cm³/mol. The maximum Gasteiger partial charge on any atom is 0.270 e. The van der Waals surface area contributed by atoms with Gasteiger partial charge in [-0.3, -0.25) is 9.78 Å². The Hall–Kier alpha value is -2.21. The second-order valence-electron chi connectivity index (χ2n) is 5.03. The van der Waals surface area contributed by atoms with Gasteiger partial charge in [0.2, 0.25) is 5.95 Å². The van der Waals surface area contributed by atoms with E-state index in [2.05, 4.69) is 22.2 Å². The number of nitrogens with zero attached hydrogens (tertiary/aromatic N) is 1. The lowest BCUT2D eigenvalue weighted by molar-refractivity contribution is 0.628. The molecule has 0 saturated carbocycles. The van der Waals surface area contributed by atoms with Crippen molar-refractivity contribution in [2.45, 2.75) is 19.8 Å². The summed E-state index contributed by atoms with van der Waals surface area (Å²) in [5.41, 5.74) is 1.39. The van der Waals surface area contributed by atoms with Crippen molar-refractivity contribution >= 4 is 27.5 Å². The SMILES string of the molecule is CCCCNc1nc2cc(-c3ccc(F)cc3)sc2c(=O)[nH]1. The van der Waals surface area contributed by atoms with Crippen LogP contribution in [0.25, 0.3) is 20.7 Å². The summed E-state index contributed by atoms with van der Waals surface area (Å²) in [6, 6.07) is 8.10. The highest BCUT2D eigenvalue weighted by Crippen LogP contribution is 2.31. The number of aromatic amines is 1. The van der Waals surface area contributed by atoms with Gasteiger partial charge in [-0.25, -0.2) is 9.37 Å². The van der Waals surface area contributed by atoms with Crippen LogP contribution in [0.4, 0.5) is 10.3 Å². The van der Waals surface area contributed by atoms with E-state index in [1.54, 1.807) is 12.1 Å². The number of thiophene rings is 1. The molecule has 1 aromatic carbocycles. The standard InChI is InChI=1S/C16H16FN3OS/c1-2-3-8-18-16-19-12-9-13(22-14(12)15(21)20-16)10-4-6-11(17)7-5-10/h4-7,9H,2-3,8H2,1H3,(H2,18,19,20,21). The van der Waals surface area contributed by atoms with Gasteiger partial charge in [-0.05, 0) is 30.2 Å². The fourth-order valence-corrected chi connectivity index (χ4v) is 3.16. The molecule has 0 saturated heterocycles. The van der Waals surface area contributed by atoms with Gasteiger partial charge in [-0.1, -0.05) is 25.5 Å². The van der Waals surface area contributed by atoms with Crippen molar-refractivity contribution < 1.29 is 4.39 Å². The van der Waals surface area contributed by atoms with Gasteiger partial charge in [-0.2, -0.15) is 0 Å². The van der Waals surface area contributed by atoms with Gasteiger partial charge in [0.1, 0.15) is 10.5 Å². The summed E-state index contributed by atoms with van der Waals surface area (Å²) in [6.45, 7) is 2.88. The maximum absolute atomic E-state index is 13.0. The molecule has 3 rings (SSSR count). The Bertz CT molecular complexity index is 839. The molecule has 6 heteroatoms. The van der Waals surface area contributed by atoms with E-state index in [0.717, 1.165) is 29.8 Å². The molecule has 2 heterocycles. The fraction of sp³-hybridized carbons (Fsp3) is 0.250. The van der Waals surface area contributed by atoms with Crippen molar-refractivity contribution in [2.24, 2.45) is 0 Å². The van der Waals surface area contributed by atoms with Crippen molar-refractivity contribution in [2.75, 3.05) is 11.9 Å². The number of H-pyrrole nitrogens is 1. The molecule has 0 aliphatic rings. The summed E-state index contributed by atoms with van der Waals surface area (Å²) >= 11 is 1.36. The third-order valence-electron chi connectivity index (χ3n) is 3.33. The molecule has 0 amide bonds. The van der Waals surface area contributed by atoms with Gasteiger partial charge in [0.15, 0.2) is 0 Å². The van der Waals surface area contributed by atoms with Crippen LogP contribution < -0.4 is 10.9 Å². The van der Waals surface area contributed by atoms with E-state index in [0.29, 0.717) is 16.2 Å². The summed E-state index contributed by atoms with van der Waals surface area (Å²) in [4.78, 5) is 20.2. The average Bonchev–Trinajstić information content (AvgIpc) is 2.93. The topological polar surface area (TPSA) is 57.8 Å². The van der Waals surface area contributed by atoms with Gasteiger partial charge in [0.25, 0.3) is 5.56 Å². The third-order valence-corrected chi connectivity index (χ3v) is 4.51. The number of fused-ring (bicyclic) bond motifs is 1. The van der Waals surface area contributed by atoms with E-state index in [1.165, 1.54) is 23.5 Å². The highest BCUT2D eigenvalue weighted by molar-refractivity contribution is 7.22. The average molecular weight is 317 g/mol. The Morgan fingerprint density at radius 1 is 1.32 bits per heavy atom. The van der Waals surface area contributed by atoms with Gasteiger partial charge < -0.3 is 5.32 Å². The predicted octanol–water partition coefficient (Wildman–Crippen LogP) is 4.00. The van der Waals surface area contributed by atoms with Crippen molar-refractivity contribution in [3.8, 4) is 10.4 Å². The van der Waals surface area contributed by atoms with E-state index in [9.17, 15) is 9.18 Å². The van der Waals surface area contributed by atoms with Crippen molar-refractivity contribution in [1.29, 1.82) is 0 Å². The minimum absolute atomic E-state index is 0.151. The zero-order valence-corrected chi connectivity index (χ0v) is 13.0. The molecule has 0 radical (unpaired) electrons. The van der Waals surface area contributed by atoms with Crippen LogP contribution in [0.5, 0.6) is 0 Å². The summed E-state index contributed by atoms with van der Waals surface area (Å²) in [7, 11) is 0. The molecule has 4 nitrogen and oxygen atoms in total. The van der Waals surface area contributed by atoms with E-state index in [-0.39, 0.29) is 11.4 Å². The quantitative estimate of drug-likeness (QED) is 0.699. The van der Waals surface area contributed by atoms with Crippen LogP contribution in [0.1, 0.15) is 19.8 Å². The zero-order chi connectivity index (χ0) is 15.5. The minimum atomic E-state index is -0.275. The second-order valence-corrected chi connectivity index (χ2v) is 6.08. The molecule has 22 heavy (non-hydrogen) atoms. The van der Waals surface area contributed by atoms with Crippen LogP contribution >= 0.6 is 11.3 Å². The normalized spacial score (nSPS) is 11.0. The molecule has 2 N–H and O–H groups in total. The largest absolute Gasteiger partial charge is 0.356 e. The lowest BCUT2D eigenvalue weighted by Crippen LogP contribution is -2.12. The number of aromatic nitrogens is 2. The van der Waals surface area contributed by atoms with E-state index in [1.807, 2.05) is 6.07 Å². The highest BCUT2D eigenvalue weighted by atomic mass is 32.1. The van der Waals surface area contributed by atoms with Crippen molar-refractivity contribution in [3.05, 3.63) is 46.5 Å². The molecule has 2 aromatic heterocycles. The van der Waals surface area contributed by atoms with Gasteiger partial charge >= 0.3 is 0 Å². The first kappa shape index (κ1) is 14.7. The number of rotatable bonds is 5. The molecule has 0 spiro atoms. The Morgan fingerprint density at radius 3 is 2.82 bits per heavy atom. The maximum atomic E-state index is 13.0. The van der Waals surface area contributed by atoms with Gasteiger partial charge in [-0.15, -0.1) is 11.3 Å². The molecule has 0 atom stereocenters. The van der Waals surface area contributed by atoms with Crippen LogP contribution in [0, 0.1) is 5.82 Å². The van der Waals surface area contributed by atoms with Gasteiger partial charge in [0, 0.05) is 11.4 Å². The number of halogens is 1. The van der Waals surface area contributed by atoms with Crippen LogP contribution in [0.2, 0.25) is 0 Å². The monoisotopic (exact) mass is 317 g/mol. The molecular formula is C16H16FN3OS. The lowest BCUT2D eigenvalue weighted by Gasteiger charge is -2.03. The first-order valence-electron chi connectivity index (χ1n) is 7.21. The number of hydrogen-bond acceptors (Lipinski definition) is 4. The number of benzene rings is 1. The number of hydrogen-bond donors (Lipinski definition) is 2. The van der Waals surface area contributed by atoms with Crippen LogP contribution in [0.3, 0.4) is 0 Å². The fourth-order valence-electron chi connectivity index (χ4n) is 2.16. The van der Waals surface area contributed by atoms with Crippen molar-refractivity contribution in [3.63, 3.8) is 0 Å². The zero-order valence-electron chi connectivity index (χ0n) is 12.1. The van der Waals surface area contributed by atoms with E-state index < -0.39 is 0 Å².